The number of halogens is 3. The van der Waals surface area contributed by atoms with E-state index in [1.165, 1.54) is 27.6 Å². The Kier molecular flexibility index (Phi) is 11.4. The average molecular weight is 410 g/mol. The maximum atomic E-state index is 13.8. The van der Waals surface area contributed by atoms with Gasteiger partial charge in [0, 0.05) is 32.7 Å². The Labute approximate surface area is 170 Å². The monoisotopic (exact) mass is 409 g/mol. The van der Waals surface area contributed by atoms with Crippen LogP contribution >= 0.6 is 0 Å². The van der Waals surface area contributed by atoms with Gasteiger partial charge in [0.1, 0.15) is 0 Å². The summed E-state index contributed by atoms with van der Waals surface area (Å²) in [6.07, 6.45) is 6.45. The van der Waals surface area contributed by atoms with Crippen LogP contribution in [0.15, 0.2) is 0 Å². The number of alkyl halides is 3. The molecule has 3 unspecified atom stereocenters. The number of unbranched alkanes of at least 4 members (excludes halogenated alkanes) is 5. The van der Waals surface area contributed by atoms with Crippen molar-refractivity contribution in [2.75, 3.05) is 20.8 Å². The molecule has 0 aromatic heterocycles. The van der Waals surface area contributed by atoms with Crippen LogP contribution < -0.4 is 0 Å². The van der Waals surface area contributed by atoms with E-state index in [4.69, 9.17) is 9.47 Å². The van der Waals surface area contributed by atoms with E-state index in [1.807, 2.05) is 0 Å². The first-order chi connectivity index (χ1) is 13.3. The second kappa shape index (κ2) is 12.4. The van der Waals surface area contributed by atoms with Crippen molar-refractivity contribution in [3.8, 4) is 0 Å². The standard InChI is InChI=1S/C22H42F3NO2/c1-6-8-9-10-11-12-16-20(18(3)21(23,24)25)22(27-4,28-5)26-17-14-13-15-19(26)7-2/h18-20H,6-17H2,1-5H3. The summed E-state index contributed by atoms with van der Waals surface area (Å²) < 4.78 is 53.1. The van der Waals surface area contributed by atoms with Crippen molar-refractivity contribution in [1.82, 2.24) is 4.90 Å². The van der Waals surface area contributed by atoms with Crippen LogP contribution in [0.3, 0.4) is 0 Å². The van der Waals surface area contributed by atoms with E-state index in [2.05, 4.69) is 18.7 Å². The minimum absolute atomic E-state index is 0.195. The zero-order valence-electron chi connectivity index (χ0n) is 18.6. The Bertz CT molecular complexity index is 413. The molecule has 0 aliphatic carbocycles. The van der Waals surface area contributed by atoms with E-state index in [-0.39, 0.29) is 6.04 Å². The van der Waals surface area contributed by atoms with Crippen molar-refractivity contribution in [3.63, 3.8) is 0 Å². The Balaban J connectivity index is 3.06. The third-order valence-corrected chi connectivity index (χ3v) is 6.54. The van der Waals surface area contributed by atoms with Crippen LogP contribution in [0, 0.1) is 11.8 Å². The van der Waals surface area contributed by atoms with Gasteiger partial charge in [0.2, 0.25) is 5.91 Å². The summed E-state index contributed by atoms with van der Waals surface area (Å²) in [4.78, 5) is 2.08. The van der Waals surface area contributed by atoms with Crippen molar-refractivity contribution in [3.05, 3.63) is 0 Å². The maximum Gasteiger partial charge on any atom is 0.392 e. The number of likely N-dealkylation sites (tertiary alicyclic amines) is 1. The molecule has 3 nitrogen and oxygen atoms in total. The number of rotatable bonds is 13. The molecule has 0 aromatic rings. The molecule has 1 aliphatic rings. The van der Waals surface area contributed by atoms with Crippen molar-refractivity contribution in [1.29, 1.82) is 0 Å². The fourth-order valence-electron chi connectivity index (χ4n) is 4.79. The lowest BCUT2D eigenvalue weighted by Gasteiger charge is -2.52. The normalized spacial score (nSPS) is 21.6. The smallest absolute Gasteiger partial charge is 0.340 e. The molecular weight excluding hydrogens is 367 g/mol. The van der Waals surface area contributed by atoms with Gasteiger partial charge in [-0.1, -0.05) is 65.7 Å². The first kappa shape index (κ1) is 25.7. The first-order valence-corrected chi connectivity index (χ1v) is 11.2. The van der Waals surface area contributed by atoms with Gasteiger partial charge in [0.25, 0.3) is 0 Å². The Hall–Kier alpha value is -0.330. The lowest BCUT2D eigenvalue weighted by molar-refractivity contribution is -0.359. The topological polar surface area (TPSA) is 21.7 Å². The average Bonchev–Trinajstić information content (AvgIpc) is 2.69. The molecule has 1 fully saturated rings. The Morgan fingerprint density at radius 1 is 0.964 bits per heavy atom. The summed E-state index contributed by atoms with van der Waals surface area (Å²) in [5.74, 6) is -3.55. The highest BCUT2D eigenvalue weighted by Gasteiger charge is 2.55. The van der Waals surface area contributed by atoms with Gasteiger partial charge in [-0.05, 0) is 25.7 Å². The Morgan fingerprint density at radius 2 is 1.57 bits per heavy atom. The number of hydrogen-bond acceptors (Lipinski definition) is 3. The van der Waals surface area contributed by atoms with Crippen LogP contribution in [-0.2, 0) is 9.47 Å². The van der Waals surface area contributed by atoms with E-state index in [0.717, 1.165) is 64.3 Å². The van der Waals surface area contributed by atoms with Gasteiger partial charge in [0.05, 0.1) is 5.92 Å². The van der Waals surface area contributed by atoms with Crippen molar-refractivity contribution in [2.45, 2.75) is 110 Å². The summed E-state index contributed by atoms with van der Waals surface area (Å²) in [6.45, 7) is 6.27. The number of piperidine rings is 1. The summed E-state index contributed by atoms with van der Waals surface area (Å²) in [6, 6.07) is 0.195. The number of methoxy groups -OCH3 is 2. The summed E-state index contributed by atoms with van der Waals surface area (Å²) in [5.41, 5.74) is 0. The van der Waals surface area contributed by atoms with Crippen molar-refractivity contribution >= 4 is 0 Å². The molecule has 6 heteroatoms. The second-order valence-corrected chi connectivity index (χ2v) is 8.28. The molecule has 1 heterocycles. The fourth-order valence-corrected chi connectivity index (χ4v) is 4.79. The molecule has 0 amide bonds. The SMILES string of the molecule is CCCCCCCCC(C(C)C(F)(F)F)C(OC)(OC)N1CCCCC1CC. The van der Waals surface area contributed by atoms with Crippen LogP contribution in [0.4, 0.5) is 13.2 Å². The molecule has 0 saturated carbocycles. The molecule has 0 radical (unpaired) electrons. The van der Waals surface area contributed by atoms with Crippen molar-refractivity contribution < 1.29 is 22.6 Å². The Morgan fingerprint density at radius 3 is 2.11 bits per heavy atom. The van der Waals surface area contributed by atoms with Crippen molar-refractivity contribution in [2.24, 2.45) is 11.8 Å². The van der Waals surface area contributed by atoms with Gasteiger partial charge >= 0.3 is 6.18 Å². The zero-order valence-corrected chi connectivity index (χ0v) is 18.6. The van der Waals surface area contributed by atoms with Crippen LogP contribution in [0.1, 0.15) is 91.4 Å². The third kappa shape index (κ3) is 6.60. The number of hydrogen-bond donors (Lipinski definition) is 0. The van der Waals surface area contributed by atoms with Gasteiger partial charge in [-0.2, -0.15) is 13.2 Å². The minimum Gasteiger partial charge on any atom is -0.340 e. The zero-order chi connectivity index (χ0) is 21.2. The predicted octanol–water partition coefficient (Wildman–Crippen LogP) is 6.76. The molecule has 1 aliphatic heterocycles. The maximum absolute atomic E-state index is 13.8. The molecule has 1 rings (SSSR count). The van der Waals surface area contributed by atoms with Crippen LogP contribution in [-0.4, -0.2) is 43.8 Å². The van der Waals surface area contributed by atoms with Crippen LogP contribution in [0.5, 0.6) is 0 Å². The molecule has 0 N–H and O–H groups in total. The molecule has 168 valence electrons. The first-order valence-electron chi connectivity index (χ1n) is 11.2. The van der Waals surface area contributed by atoms with E-state index in [0.29, 0.717) is 6.42 Å². The highest BCUT2D eigenvalue weighted by Crippen LogP contribution is 2.45. The molecule has 0 bridgehead atoms. The van der Waals surface area contributed by atoms with Gasteiger partial charge in [-0.3, -0.25) is 0 Å². The number of ether oxygens (including phenoxy) is 2. The third-order valence-electron chi connectivity index (χ3n) is 6.54. The number of nitrogens with zero attached hydrogens (tertiary/aromatic N) is 1. The van der Waals surface area contributed by atoms with Gasteiger partial charge < -0.3 is 9.47 Å². The van der Waals surface area contributed by atoms with E-state index < -0.39 is 23.9 Å². The largest absolute Gasteiger partial charge is 0.392 e. The van der Waals surface area contributed by atoms with E-state index >= 15 is 0 Å². The highest BCUT2D eigenvalue weighted by atomic mass is 19.4. The lowest BCUT2D eigenvalue weighted by Crippen LogP contribution is -2.63. The van der Waals surface area contributed by atoms with Gasteiger partial charge in [0.15, 0.2) is 0 Å². The van der Waals surface area contributed by atoms with Gasteiger partial charge in [-0.25, -0.2) is 4.90 Å². The molecule has 28 heavy (non-hydrogen) atoms. The fraction of sp³-hybridized carbons (Fsp3) is 1.00. The lowest BCUT2D eigenvalue weighted by atomic mass is 9.82. The summed E-state index contributed by atoms with van der Waals surface area (Å²) >= 11 is 0. The van der Waals surface area contributed by atoms with Gasteiger partial charge in [-0.15, -0.1) is 0 Å². The molecule has 0 aromatic carbocycles. The highest BCUT2D eigenvalue weighted by molar-refractivity contribution is 4.91. The summed E-state index contributed by atoms with van der Waals surface area (Å²) in [5, 5.41) is 0. The molecule has 1 saturated heterocycles. The molecule has 0 spiro atoms. The molecule has 3 atom stereocenters. The second-order valence-electron chi connectivity index (χ2n) is 8.28. The quantitative estimate of drug-likeness (QED) is 0.248. The minimum atomic E-state index is -4.27. The van der Waals surface area contributed by atoms with E-state index in [9.17, 15) is 13.2 Å². The van der Waals surface area contributed by atoms with Crippen LogP contribution in [0.25, 0.3) is 0 Å². The molecular formula is C22H42F3NO2. The summed E-state index contributed by atoms with van der Waals surface area (Å²) in [7, 11) is 3.00. The van der Waals surface area contributed by atoms with Crippen LogP contribution in [0.2, 0.25) is 0 Å². The predicted molar refractivity (Wildman–Crippen MR) is 108 cm³/mol. The van der Waals surface area contributed by atoms with E-state index in [1.54, 1.807) is 0 Å².